The van der Waals surface area contributed by atoms with Gasteiger partial charge in [0.1, 0.15) is 6.04 Å². The summed E-state index contributed by atoms with van der Waals surface area (Å²) in [5.41, 5.74) is 14.5. The molecule has 2 aromatic rings. The Balaban J connectivity index is 1.54. The smallest absolute Gasteiger partial charge is 0.326 e. The number of fused-ring (bicyclic) bond motifs is 1. The SMILES string of the molecule is Nc1nc(N)c2c(n1)CCC(CCc1ccc(C(=O)N[C@@H](CCC(=O)O)C(=O)O)cc1)N2. The van der Waals surface area contributed by atoms with Crippen molar-refractivity contribution in [2.24, 2.45) is 0 Å². The molecule has 0 saturated carbocycles. The van der Waals surface area contributed by atoms with E-state index >= 15 is 0 Å². The maximum atomic E-state index is 12.3. The van der Waals surface area contributed by atoms with E-state index in [-0.39, 0.29) is 24.8 Å². The Bertz CT molecular complexity index is 1010. The first kappa shape index (κ1) is 22.8. The van der Waals surface area contributed by atoms with Gasteiger partial charge in [-0.25, -0.2) is 9.78 Å². The van der Waals surface area contributed by atoms with Gasteiger partial charge in [0.25, 0.3) is 5.91 Å². The van der Waals surface area contributed by atoms with Crippen LogP contribution in [0.1, 0.15) is 47.3 Å². The van der Waals surface area contributed by atoms with E-state index in [0.717, 1.165) is 42.6 Å². The van der Waals surface area contributed by atoms with Crippen LogP contribution in [0.5, 0.6) is 0 Å². The first-order valence-corrected chi connectivity index (χ1v) is 10.3. The molecule has 1 amide bonds. The van der Waals surface area contributed by atoms with Gasteiger partial charge in [0, 0.05) is 18.0 Å². The third-order valence-electron chi connectivity index (χ3n) is 5.36. The van der Waals surface area contributed by atoms with Crippen LogP contribution in [0.4, 0.5) is 17.5 Å². The summed E-state index contributed by atoms with van der Waals surface area (Å²) in [6, 6.07) is 5.82. The van der Waals surface area contributed by atoms with Gasteiger partial charge in [0.15, 0.2) is 5.82 Å². The predicted molar refractivity (Wildman–Crippen MR) is 117 cm³/mol. The van der Waals surface area contributed by atoms with Crippen LogP contribution in [0, 0.1) is 0 Å². The highest BCUT2D eigenvalue weighted by atomic mass is 16.4. The molecule has 0 radical (unpaired) electrons. The van der Waals surface area contributed by atoms with Gasteiger partial charge >= 0.3 is 11.9 Å². The molecule has 2 heterocycles. The lowest BCUT2D eigenvalue weighted by atomic mass is 9.96. The summed E-state index contributed by atoms with van der Waals surface area (Å²) in [4.78, 5) is 42.5. The molecule has 8 N–H and O–H groups in total. The number of anilines is 3. The summed E-state index contributed by atoms with van der Waals surface area (Å²) >= 11 is 0. The van der Waals surface area contributed by atoms with Crippen LogP contribution in [-0.4, -0.2) is 50.1 Å². The molecule has 1 unspecified atom stereocenters. The number of carboxylic acids is 2. The molecule has 2 atom stereocenters. The van der Waals surface area contributed by atoms with Crippen LogP contribution in [0.25, 0.3) is 0 Å². The molecule has 1 aliphatic rings. The second-order valence-electron chi connectivity index (χ2n) is 7.70. The topological polar surface area (TPSA) is 194 Å². The van der Waals surface area contributed by atoms with E-state index < -0.39 is 23.9 Å². The average Bonchev–Trinajstić information content (AvgIpc) is 2.75. The zero-order valence-corrected chi connectivity index (χ0v) is 17.4. The third kappa shape index (κ3) is 5.84. The van der Waals surface area contributed by atoms with Crippen molar-refractivity contribution in [2.45, 2.75) is 50.6 Å². The molecular formula is C21H26N6O5. The fraction of sp³-hybridized carbons (Fsp3) is 0.381. The number of benzene rings is 1. The van der Waals surface area contributed by atoms with E-state index in [2.05, 4.69) is 20.6 Å². The van der Waals surface area contributed by atoms with Crippen LogP contribution in [0.2, 0.25) is 0 Å². The van der Waals surface area contributed by atoms with E-state index in [1.54, 1.807) is 12.1 Å². The van der Waals surface area contributed by atoms with E-state index in [1.807, 2.05) is 12.1 Å². The number of aromatic nitrogens is 2. The molecule has 170 valence electrons. The fourth-order valence-corrected chi connectivity index (χ4v) is 3.62. The molecule has 0 spiro atoms. The Morgan fingerprint density at radius 2 is 1.88 bits per heavy atom. The second-order valence-corrected chi connectivity index (χ2v) is 7.70. The van der Waals surface area contributed by atoms with Crippen molar-refractivity contribution in [1.29, 1.82) is 0 Å². The molecule has 0 saturated heterocycles. The zero-order chi connectivity index (χ0) is 23.3. The first-order chi connectivity index (χ1) is 15.2. The molecule has 0 bridgehead atoms. The van der Waals surface area contributed by atoms with Gasteiger partial charge < -0.3 is 32.3 Å². The summed E-state index contributed by atoms with van der Waals surface area (Å²) < 4.78 is 0. The maximum Gasteiger partial charge on any atom is 0.326 e. The number of rotatable bonds is 9. The Hall–Kier alpha value is -3.89. The number of hydrogen-bond acceptors (Lipinski definition) is 8. The number of amides is 1. The lowest BCUT2D eigenvalue weighted by molar-refractivity contribution is -0.140. The Labute approximate surface area is 184 Å². The Morgan fingerprint density at radius 3 is 2.53 bits per heavy atom. The molecular weight excluding hydrogens is 416 g/mol. The number of carbonyl (C=O) groups is 3. The van der Waals surface area contributed by atoms with E-state index in [9.17, 15) is 19.5 Å². The number of aliphatic carboxylic acids is 2. The van der Waals surface area contributed by atoms with Crippen LogP contribution < -0.4 is 22.1 Å². The number of nitrogens with one attached hydrogen (secondary N) is 2. The van der Waals surface area contributed by atoms with Crippen molar-refractivity contribution in [3.63, 3.8) is 0 Å². The lowest BCUT2D eigenvalue weighted by Crippen LogP contribution is -2.41. The normalized spacial score (nSPS) is 15.8. The van der Waals surface area contributed by atoms with Gasteiger partial charge in [-0.15, -0.1) is 0 Å². The zero-order valence-electron chi connectivity index (χ0n) is 17.4. The average molecular weight is 442 g/mol. The Morgan fingerprint density at radius 1 is 1.16 bits per heavy atom. The fourth-order valence-electron chi connectivity index (χ4n) is 3.62. The minimum atomic E-state index is -1.27. The third-order valence-corrected chi connectivity index (χ3v) is 5.36. The van der Waals surface area contributed by atoms with Crippen molar-refractivity contribution in [1.82, 2.24) is 15.3 Å². The highest BCUT2D eigenvalue weighted by molar-refractivity contribution is 5.96. The van der Waals surface area contributed by atoms with Gasteiger partial charge in [0.2, 0.25) is 5.95 Å². The quantitative estimate of drug-likeness (QED) is 0.327. The van der Waals surface area contributed by atoms with Gasteiger partial charge in [-0.2, -0.15) is 4.98 Å². The first-order valence-electron chi connectivity index (χ1n) is 10.3. The number of carboxylic acid groups (broad SMARTS) is 2. The van der Waals surface area contributed by atoms with Crippen molar-refractivity contribution in [2.75, 3.05) is 16.8 Å². The standard InChI is InChI=1S/C21H26N6O5/c22-18-17-14(26-21(23)27-18)8-7-13(24-17)6-3-11-1-4-12(5-2-11)19(30)25-15(20(31)32)9-10-16(28)29/h1-2,4-5,13,15,24H,3,6-10H2,(H,25,30)(H,28,29)(H,31,32)(H4,22,23,26,27)/t13?,15-/m0/s1. The van der Waals surface area contributed by atoms with Gasteiger partial charge in [-0.05, 0) is 49.8 Å². The van der Waals surface area contributed by atoms with Crippen molar-refractivity contribution < 1.29 is 24.6 Å². The second kappa shape index (κ2) is 9.94. The minimum Gasteiger partial charge on any atom is -0.481 e. The summed E-state index contributed by atoms with van der Waals surface area (Å²) in [5.74, 6) is -2.44. The van der Waals surface area contributed by atoms with Crippen molar-refractivity contribution >= 4 is 35.3 Å². The van der Waals surface area contributed by atoms with Crippen molar-refractivity contribution in [3.05, 3.63) is 41.1 Å². The van der Waals surface area contributed by atoms with Gasteiger partial charge in [0.05, 0.1) is 11.4 Å². The highest BCUT2D eigenvalue weighted by Gasteiger charge is 2.23. The summed E-state index contributed by atoms with van der Waals surface area (Å²) in [6.45, 7) is 0. The highest BCUT2D eigenvalue weighted by Crippen LogP contribution is 2.29. The molecule has 11 heteroatoms. The Kier molecular flexibility index (Phi) is 7.08. The van der Waals surface area contributed by atoms with Crippen molar-refractivity contribution in [3.8, 4) is 0 Å². The van der Waals surface area contributed by atoms with Gasteiger partial charge in [-0.3, -0.25) is 9.59 Å². The molecule has 1 aromatic carbocycles. The predicted octanol–water partition coefficient (Wildman–Crippen LogP) is 1.05. The van der Waals surface area contributed by atoms with E-state index in [0.29, 0.717) is 11.4 Å². The van der Waals surface area contributed by atoms with E-state index in [1.165, 1.54) is 0 Å². The number of carbonyl (C=O) groups excluding carboxylic acids is 1. The largest absolute Gasteiger partial charge is 0.481 e. The summed E-state index contributed by atoms with van der Waals surface area (Å²) in [5, 5.41) is 23.6. The van der Waals surface area contributed by atoms with Crippen LogP contribution in [0.3, 0.4) is 0 Å². The lowest BCUT2D eigenvalue weighted by Gasteiger charge is -2.27. The molecule has 32 heavy (non-hydrogen) atoms. The van der Waals surface area contributed by atoms with Crippen LogP contribution in [-0.2, 0) is 22.4 Å². The molecule has 1 aliphatic heterocycles. The van der Waals surface area contributed by atoms with Gasteiger partial charge in [-0.1, -0.05) is 12.1 Å². The summed E-state index contributed by atoms with van der Waals surface area (Å²) in [6.07, 6.45) is 2.72. The van der Waals surface area contributed by atoms with Crippen LogP contribution >= 0.6 is 0 Å². The molecule has 3 rings (SSSR count). The van der Waals surface area contributed by atoms with E-state index in [4.69, 9.17) is 16.6 Å². The number of nitrogen functional groups attached to an aromatic ring is 2. The summed E-state index contributed by atoms with van der Waals surface area (Å²) in [7, 11) is 0. The number of nitrogens with zero attached hydrogens (tertiary/aromatic N) is 2. The number of hydrogen-bond donors (Lipinski definition) is 6. The molecule has 0 aliphatic carbocycles. The minimum absolute atomic E-state index is 0.169. The molecule has 0 fully saturated rings. The molecule has 1 aromatic heterocycles. The monoisotopic (exact) mass is 442 g/mol. The number of nitrogens with two attached hydrogens (primary N) is 2. The molecule has 11 nitrogen and oxygen atoms in total. The maximum absolute atomic E-state index is 12.3. The number of aryl methyl sites for hydroxylation is 2. The van der Waals surface area contributed by atoms with Crippen LogP contribution in [0.15, 0.2) is 24.3 Å².